The lowest BCUT2D eigenvalue weighted by Crippen LogP contribution is -2.32. The van der Waals surface area contributed by atoms with Crippen LogP contribution in [0.5, 0.6) is 5.75 Å². The molecule has 1 N–H and O–H groups in total. The van der Waals surface area contributed by atoms with Crippen molar-refractivity contribution in [2.45, 2.75) is 12.5 Å². The van der Waals surface area contributed by atoms with E-state index >= 15 is 0 Å². The Morgan fingerprint density at radius 1 is 1.22 bits per heavy atom. The van der Waals surface area contributed by atoms with Crippen molar-refractivity contribution in [2.75, 3.05) is 11.4 Å². The van der Waals surface area contributed by atoms with Crippen LogP contribution in [0.25, 0.3) is 0 Å². The lowest BCUT2D eigenvalue weighted by atomic mass is 10.2. The number of amides is 1. The molecule has 0 bridgehead atoms. The van der Waals surface area contributed by atoms with Crippen LogP contribution in [0, 0.1) is 0 Å². The minimum absolute atomic E-state index is 0.150. The second kappa shape index (κ2) is 6.30. The van der Waals surface area contributed by atoms with E-state index in [1.807, 2.05) is 0 Å². The number of hydrogen-bond donors (Lipinski definition) is 1. The van der Waals surface area contributed by atoms with E-state index in [9.17, 15) is 9.59 Å². The summed E-state index contributed by atoms with van der Waals surface area (Å²) in [5.41, 5.74) is 0.717. The first kappa shape index (κ1) is 15.4. The van der Waals surface area contributed by atoms with Crippen molar-refractivity contribution in [1.29, 1.82) is 0 Å². The molecule has 0 radical (unpaired) electrons. The van der Waals surface area contributed by atoms with Gasteiger partial charge < -0.3 is 14.7 Å². The molecular weight excluding hydrogens is 318 g/mol. The van der Waals surface area contributed by atoms with Gasteiger partial charge in [-0.25, -0.2) is 4.79 Å². The summed E-state index contributed by atoms with van der Waals surface area (Å²) in [5.74, 6) is -0.621. The predicted octanol–water partition coefficient (Wildman–Crippen LogP) is 3.22. The molecule has 0 unspecified atom stereocenters. The zero-order valence-corrected chi connectivity index (χ0v) is 12.9. The monoisotopic (exact) mass is 331 g/mol. The summed E-state index contributed by atoms with van der Waals surface area (Å²) >= 11 is 5.82. The molecule has 0 aliphatic carbocycles. The van der Waals surface area contributed by atoms with Gasteiger partial charge in [-0.3, -0.25) is 4.79 Å². The molecule has 23 heavy (non-hydrogen) atoms. The van der Waals surface area contributed by atoms with E-state index in [1.165, 1.54) is 12.1 Å². The molecule has 0 spiro atoms. The maximum absolute atomic E-state index is 12.5. The Balaban J connectivity index is 1.75. The number of carbonyl (C=O) groups is 2. The van der Waals surface area contributed by atoms with Gasteiger partial charge in [-0.2, -0.15) is 0 Å². The maximum Gasteiger partial charge on any atom is 0.335 e. The van der Waals surface area contributed by atoms with E-state index in [0.29, 0.717) is 29.4 Å². The molecule has 0 aromatic heterocycles. The van der Waals surface area contributed by atoms with Gasteiger partial charge in [-0.15, -0.1) is 0 Å². The molecule has 118 valence electrons. The van der Waals surface area contributed by atoms with Crippen LogP contribution in [0.4, 0.5) is 5.69 Å². The van der Waals surface area contributed by atoms with Gasteiger partial charge in [-0.1, -0.05) is 17.7 Å². The van der Waals surface area contributed by atoms with E-state index in [-0.39, 0.29) is 11.5 Å². The first-order chi connectivity index (χ1) is 11.0. The van der Waals surface area contributed by atoms with Gasteiger partial charge in [0, 0.05) is 23.7 Å². The fourth-order valence-electron chi connectivity index (χ4n) is 2.50. The lowest BCUT2D eigenvalue weighted by Gasteiger charge is -2.17. The fraction of sp³-hybridized carbons (Fsp3) is 0.176. The second-order valence-electron chi connectivity index (χ2n) is 5.19. The Hall–Kier alpha value is -2.53. The number of benzene rings is 2. The number of ether oxygens (including phenoxy) is 1. The Labute approximate surface area is 138 Å². The number of carbonyl (C=O) groups excluding carboxylic acids is 1. The molecule has 5 nitrogen and oxygen atoms in total. The van der Waals surface area contributed by atoms with Gasteiger partial charge in [0.05, 0.1) is 5.56 Å². The molecule has 1 heterocycles. The van der Waals surface area contributed by atoms with Crippen molar-refractivity contribution < 1.29 is 19.4 Å². The van der Waals surface area contributed by atoms with Crippen LogP contribution >= 0.6 is 11.6 Å². The van der Waals surface area contributed by atoms with Crippen molar-refractivity contribution in [3.8, 4) is 5.75 Å². The van der Waals surface area contributed by atoms with Crippen LogP contribution in [0.2, 0.25) is 5.02 Å². The molecule has 1 atom stereocenters. The standard InChI is InChI=1S/C17H14ClNO4/c18-12-4-6-14(7-5-12)23-15-8-9-19(16(15)20)13-3-1-2-11(10-13)17(21)22/h1-7,10,15H,8-9H2,(H,21,22)/t15-/m0/s1. The molecule has 1 fully saturated rings. The quantitative estimate of drug-likeness (QED) is 0.934. The Morgan fingerprint density at radius 2 is 1.96 bits per heavy atom. The molecule has 6 heteroatoms. The van der Waals surface area contributed by atoms with Crippen molar-refractivity contribution in [1.82, 2.24) is 0 Å². The molecule has 2 aromatic rings. The topological polar surface area (TPSA) is 66.8 Å². The van der Waals surface area contributed by atoms with Crippen LogP contribution in [-0.4, -0.2) is 29.6 Å². The first-order valence-electron chi connectivity index (χ1n) is 7.11. The van der Waals surface area contributed by atoms with E-state index in [4.69, 9.17) is 21.4 Å². The smallest absolute Gasteiger partial charge is 0.335 e. The van der Waals surface area contributed by atoms with Gasteiger partial charge >= 0.3 is 5.97 Å². The highest BCUT2D eigenvalue weighted by Crippen LogP contribution is 2.26. The van der Waals surface area contributed by atoms with Crippen LogP contribution in [-0.2, 0) is 4.79 Å². The third-order valence-corrected chi connectivity index (χ3v) is 3.91. The molecule has 1 saturated heterocycles. The number of anilines is 1. The van der Waals surface area contributed by atoms with Gasteiger partial charge in [0.2, 0.25) is 0 Å². The third-order valence-electron chi connectivity index (χ3n) is 3.65. The Bertz CT molecular complexity index is 745. The molecule has 2 aromatic carbocycles. The number of rotatable bonds is 4. The van der Waals surface area contributed by atoms with E-state index in [2.05, 4.69) is 0 Å². The van der Waals surface area contributed by atoms with Crippen molar-refractivity contribution in [2.24, 2.45) is 0 Å². The Morgan fingerprint density at radius 3 is 2.65 bits per heavy atom. The maximum atomic E-state index is 12.5. The van der Waals surface area contributed by atoms with E-state index in [0.717, 1.165) is 0 Å². The molecule has 1 aliphatic heterocycles. The number of carboxylic acids is 1. The number of carboxylic acid groups (broad SMARTS) is 1. The summed E-state index contributed by atoms with van der Waals surface area (Å²) in [5, 5.41) is 9.65. The number of hydrogen-bond acceptors (Lipinski definition) is 3. The highest BCUT2D eigenvalue weighted by molar-refractivity contribution is 6.30. The molecule has 0 saturated carbocycles. The van der Waals surface area contributed by atoms with Crippen LogP contribution in [0.1, 0.15) is 16.8 Å². The summed E-state index contributed by atoms with van der Waals surface area (Å²) in [7, 11) is 0. The van der Waals surface area contributed by atoms with Gasteiger partial charge in [0.1, 0.15) is 5.75 Å². The van der Waals surface area contributed by atoms with Crippen molar-refractivity contribution in [3.05, 3.63) is 59.1 Å². The summed E-state index contributed by atoms with van der Waals surface area (Å²) in [6, 6.07) is 13.1. The molecule has 3 rings (SSSR count). The van der Waals surface area contributed by atoms with E-state index < -0.39 is 12.1 Å². The fourth-order valence-corrected chi connectivity index (χ4v) is 2.63. The van der Waals surface area contributed by atoms with Gasteiger partial charge in [-0.05, 0) is 42.5 Å². The SMILES string of the molecule is O=C(O)c1cccc(N2CC[C@H](Oc3ccc(Cl)cc3)C2=O)c1. The van der Waals surface area contributed by atoms with Gasteiger partial charge in [0.15, 0.2) is 6.10 Å². The second-order valence-corrected chi connectivity index (χ2v) is 5.63. The Kier molecular flexibility index (Phi) is 4.21. The van der Waals surface area contributed by atoms with E-state index in [1.54, 1.807) is 41.3 Å². The summed E-state index contributed by atoms with van der Waals surface area (Å²) < 4.78 is 5.71. The van der Waals surface area contributed by atoms with Crippen LogP contribution < -0.4 is 9.64 Å². The third kappa shape index (κ3) is 3.29. The normalized spacial score (nSPS) is 17.3. The van der Waals surface area contributed by atoms with Crippen LogP contribution in [0.3, 0.4) is 0 Å². The minimum Gasteiger partial charge on any atom is -0.481 e. The number of halogens is 1. The largest absolute Gasteiger partial charge is 0.481 e. The molecule has 1 aliphatic rings. The highest BCUT2D eigenvalue weighted by atomic mass is 35.5. The summed E-state index contributed by atoms with van der Waals surface area (Å²) in [6.45, 7) is 0.486. The predicted molar refractivity (Wildman–Crippen MR) is 86.2 cm³/mol. The van der Waals surface area contributed by atoms with Crippen molar-refractivity contribution in [3.63, 3.8) is 0 Å². The minimum atomic E-state index is -1.02. The average molecular weight is 332 g/mol. The summed E-state index contributed by atoms with van der Waals surface area (Å²) in [4.78, 5) is 25.1. The number of aromatic carboxylic acids is 1. The summed E-state index contributed by atoms with van der Waals surface area (Å²) in [6.07, 6.45) is -0.0386. The zero-order chi connectivity index (χ0) is 16.4. The number of nitrogens with zero attached hydrogens (tertiary/aromatic N) is 1. The lowest BCUT2D eigenvalue weighted by molar-refractivity contribution is -0.122. The highest BCUT2D eigenvalue weighted by Gasteiger charge is 2.34. The average Bonchev–Trinajstić information content (AvgIpc) is 2.91. The van der Waals surface area contributed by atoms with Crippen molar-refractivity contribution >= 4 is 29.2 Å². The van der Waals surface area contributed by atoms with Crippen LogP contribution in [0.15, 0.2) is 48.5 Å². The molecular formula is C17H14ClNO4. The first-order valence-corrected chi connectivity index (χ1v) is 7.49. The van der Waals surface area contributed by atoms with Gasteiger partial charge in [0.25, 0.3) is 5.91 Å². The zero-order valence-electron chi connectivity index (χ0n) is 12.1. The molecule has 1 amide bonds.